The Morgan fingerprint density at radius 3 is 2.35 bits per heavy atom. The second-order valence-corrected chi connectivity index (χ2v) is 12.2. The van der Waals surface area contributed by atoms with E-state index in [9.17, 15) is 4.79 Å². The third-order valence-corrected chi connectivity index (χ3v) is 4.66. The molecule has 0 bridgehead atoms. The lowest BCUT2D eigenvalue weighted by Gasteiger charge is -2.23. The van der Waals surface area contributed by atoms with E-state index in [4.69, 9.17) is 25.8 Å². The molecule has 0 fully saturated rings. The van der Waals surface area contributed by atoms with Crippen LogP contribution in [0.1, 0.15) is 13.3 Å². The largest absolute Gasteiger partial charge is 0.378 e. The van der Waals surface area contributed by atoms with E-state index < -0.39 is 25.5 Å². The van der Waals surface area contributed by atoms with Crippen LogP contribution in [-0.4, -0.2) is 46.0 Å². The van der Waals surface area contributed by atoms with E-state index in [1.807, 2.05) is 6.92 Å². The molecule has 6 heteroatoms. The fourth-order valence-electron chi connectivity index (χ4n) is 1.54. The Morgan fingerprint density at radius 1 is 1.35 bits per heavy atom. The summed E-state index contributed by atoms with van der Waals surface area (Å²) < 4.78 is 16.1. The van der Waals surface area contributed by atoms with E-state index in [0.717, 1.165) is 11.6 Å². The molecule has 0 N–H and O–H groups in total. The number of carbonyl (C=O) groups is 1. The van der Waals surface area contributed by atoms with Crippen LogP contribution in [0.3, 0.4) is 0 Å². The van der Waals surface area contributed by atoms with Crippen LogP contribution in [0, 0.1) is 0 Å². The zero-order valence-electron chi connectivity index (χ0n) is 13.2. The molecule has 0 rings (SSSR count). The van der Waals surface area contributed by atoms with E-state index in [1.54, 1.807) is 0 Å². The molecule has 0 aliphatic carbocycles. The van der Waals surface area contributed by atoms with Crippen LogP contribution in [0.15, 0.2) is 12.2 Å². The molecule has 0 unspecified atom stereocenters. The van der Waals surface area contributed by atoms with Gasteiger partial charge in [-0.2, -0.15) is 0 Å². The number of hydrogen-bond acceptors (Lipinski definition) is 4. The summed E-state index contributed by atoms with van der Waals surface area (Å²) in [5, 5.41) is -0.577. The lowest BCUT2D eigenvalue weighted by molar-refractivity contribution is -0.150. The van der Waals surface area contributed by atoms with Gasteiger partial charge in [0.1, 0.15) is 6.79 Å². The molecule has 0 heterocycles. The third-order valence-electron chi connectivity index (χ3n) is 2.74. The lowest BCUT2D eigenvalue weighted by atomic mass is 10.1. The van der Waals surface area contributed by atoms with Crippen LogP contribution in [0.4, 0.5) is 0 Å². The molecule has 0 radical (unpaired) electrons. The van der Waals surface area contributed by atoms with Crippen LogP contribution in [0.5, 0.6) is 0 Å². The number of ether oxygens (including phenoxy) is 3. The van der Waals surface area contributed by atoms with Crippen molar-refractivity contribution in [2.45, 2.75) is 51.2 Å². The summed E-state index contributed by atoms with van der Waals surface area (Å²) in [6.45, 7) is 13.2. The molecule has 0 aliphatic heterocycles. The Bertz CT molecular complexity index is 315. The van der Waals surface area contributed by atoms with Crippen LogP contribution < -0.4 is 0 Å². The van der Waals surface area contributed by atoms with Crippen LogP contribution >= 0.6 is 11.6 Å². The molecule has 118 valence electrons. The van der Waals surface area contributed by atoms with Gasteiger partial charge in [-0.15, -0.1) is 6.58 Å². The maximum Gasteiger partial charge on any atom is 0.253 e. The molecule has 0 saturated heterocycles. The highest BCUT2D eigenvalue weighted by molar-refractivity contribution is 6.76. The predicted molar refractivity (Wildman–Crippen MR) is 84.9 cm³/mol. The van der Waals surface area contributed by atoms with E-state index >= 15 is 0 Å². The van der Waals surface area contributed by atoms with Crippen molar-refractivity contribution in [2.24, 2.45) is 0 Å². The first kappa shape index (κ1) is 19.8. The molecule has 4 nitrogen and oxygen atoms in total. The molecule has 20 heavy (non-hydrogen) atoms. The van der Waals surface area contributed by atoms with Gasteiger partial charge in [0.15, 0.2) is 6.10 Å². The number of methoxy groups -OCH3 is 1. The fourth-order valence-corrected chi connectivity index (χ4v) is 2.50. The lowest BCUT2D eigenvalue weighted by Crippen LogP contribution is -2.36. The molecule has 2 atom stereocenters. The van der Waals surface area contributed by atoms with Gasteiger partial charge < -0.3 is 14.2 Å². The maximum atomic E-state index is 11.4. The van der Waals surface area contributed by atoms with Crippen molar-refractivity contribution < 1.29 is 19.0 Å². The van der Waals surface area contributed by atoms with Gasteiger partial charge in [-0.3, -0.25) is 4.79 Å². The van der Waals surface area contributed by atoms with Gasteiger partial charge in [0.05, 0.1) is 6.10 Å². The highest BCUT2D eigenvalue weighted by Crippen LogP contribution is 2.15. The van der Waals surface area contributed by atoms with Crippen molar-refractivity contribution >= 4 is 24.9 Å². The Kier molecular flexibility index (Phi) is 9.58. The van der Waals surface area contributed by atoms with Crippen molar-refractivity contribution in [3.8, 4) is 0 Å². The summed E-state index contributed by atoms with van der Waals surface area (Å²) in [6, 6.07) is 1.05. The van der Waals surface area contributed by atoms with Crippen LogP contribution in [0.2, 0.25) is 25.7 Å². The minimum absolute atomic E-state index is 0.0453. The van der Waals surface area contributed by atoms with E-state index in [-0.39, 0.29) is 6.79 Å². The second-order valence-electron chi connectivity index (χ2n) is 6.16. The first-order valence-corrected chi connectivity index (χ1v) is 10.8. The fraction of sp³-hybridized carbons (Fsp3) is 0.786. The molecule has 0 saturated carbocycles. The number of rotatable bonds is 11. The highest BCUT2D eigenvalue weighted by atomic mass is 35.5. The van der Waals surface area contributed by atoms with Gasteiger partial charge in [-0.1, -0.05) is 25.2 Å². The van der Waals surface area contributed by atoms with Crippen molar-refractivity contribution in [2.75, 3.05) is 20.5 Å². The molecule has 0 aliphatic rings. The van der Waals surface area contributed by atoms with Crippen LogP contribution in [-0.2, 0) is 19.0 Å². The minimum atomic E-state index is -1.12. The van der Waals surface area contributed by atoms with Crippen molar-refractivity contribution in [1.82, 2.24) is 0 Å². The normalized spacial score (nSPS) is 14.9. The maximum absolute atomic E-state index is 11.4. The van der Waals surface area contributed by atoms with Gasteiger partial charge >= 0.3 is 0 Å². The molecular weight excluding hydrogens is 296 g/mol. The van der Waals surface area contributed by atoms with Gasteiger partial charge in [-0.25, -0.2) is 0 Å². The quantitative estimate of drug-likeness (QED) is 0.192. The number of hydrogen-bond donors (Lipinski definition) is 0. The first-order chi connectivity index (χ1) is 9.17. The van der Waals surface area contributed by atoms with Crippen molar-refractivity contribution in [3.63, 3.8) is 0 Å². The Labute approximate surface area is 128 Å². The predicted octanol–water partition coefficient (Wildman–Crippen LogP) is 3.43. The molecular formula is C14H27ClO4Si. The first-order valence-electron chi connectivity index (χ1n) is 6.73. The number of halogens is 1. The van der Waals surface area contributed by atoms with E-state index in [1.165, 1.54) is 7.11 Å². The Balaban J connectivity index is 4.20. The van der Waals surface area contributed by atoms with Crippen LogP contribution in [0.25, 0.3) is 0 Å². The van der Waals surface area contributed by atoms with Gasteiger partial charge in [-0.05, 0) is 31.0 Å². The zero-order valence-corrected chi connectivity index (χ0v) is 15.0. The Morgan fingerprint density at radius 2 is 1.95 bits per heavy atom. The molecule has 0 amide bonds. The van der Waals surface area contributed by atoms with E-state index in [0.29, 0.717) is 13.0 Å². The van der Waals surface area contributed by atoms with Crippen molar-refractivity contribution in [1.29, 1.82) is 0 Å². The smallest absolute Gasteiger partial charge is 0.253 e. The summed E-state index contributed by atoms with van der Waals surface area (Å²) in [4.78, 5) is 11.4. The van der Waals surface area contributed by atoms with Gasteiger partial charge in [0, 0.05) is 21.8 Å². The van der Waals surface area contributed by atoms with Gasteiger partial charge in [0.25, 0.3) is 5.24 Å². The zero-order chi connectivity index (χ0) is 15.8. The SMILES string of the molecule is C=C(C)C[C@H](OC)[C@H](OCOCC[Si](C)(C)C)C(=O)Cl. The molecule has 0 aromatic heterocycles. The molecule has 0 aromatic rings. The average molecular weight is 323 g/mol. The highest BCUT2D eigenvalue weighted by Gasteiger charge is 2.28. The second kappa shape index (κ2) is 9.68. The van der Waals surface area contributed by atoms with Crippen molar-refractivity contribution in [3.05, 3.63) is 12.2 Å². The Hall–Kier alpha value is -0.203. The van der Waals surface area contributed by atoms with E-state index in [2.05, 4.69) is 26.2 Å². The average Bonchev–Trinajstić information content (AvgIpc) is 2.29. The molecule has 0 aromatic carbocycles. The summed E-state index contributed by atoms with van der Waals surface area (Å²) >= 11 is 5.56. The number of carbonyl (C=O) groups excluding carboxylic acids is 1. The topological polar surface area (TPSA) is 44.8 Å². The summed E-state index contributed by atoms with van der Waals surface area (Å²) in [5.74, 6) is 0. The monoisotopic (exact) mass is 322 g/mol. The minimum Gasteiger partial charge on any atom is -0.378 e. The summed E-state index contributed by atoms with van der Waals surface area (Å²) in [5.41, 5.74) is 0.906. The summed E-state index contributed by atoms with van der Waals surface area (Å²) in [6.07, 6.45) is -0.738. The standard InChI is InChI=1S/C14H27ClO4Si/c1-11(2)9-12(17-3)13(14(15)16)19-10-18-7-8-20(4,5)6/h12-13H,1,7-10H2,2-6H3/t12-,13-/m0/s1. The molecule has 0 spiro atoms. The van der Waals surface area contributed by atoms with Gasteiger partial charge in [0.2, 0.25) is 0 Å². The third kappa shape index (κ3) is 9.66. The summed E-state index contributed by atoms with van der Waals surface area (Å²) in [7, 11) is 0.407.